The molecule has 194 valence electrons. The fraction of sp³-hybridized carbons (Fsp3) is 0.778. The molecular formula is C27H42BrClO5. The maximum Gasteiger partial charge on any atom is 0.141 e. The standard InChI is InChI=1S/C27H42BrClO5/c1-4-7-11-30-18-24-27(32-13-9-6-3)23(31-12-8-5-2)16-22(34-24)21-15-19(17-28)25(29)26-20(21)10-14-33-26/h15,22-24,27H,4-14,16-18H2,1-3H3/t22-,23-,24-,27+/m1/s1. The highest BCUT2D eigenvalue weighted by atomic mass is 79.9. The van der Waals surface area contributed by atoms with Gasteiger partial charge in [-0.3, -0.25) is 0 Å². The van der Waals surface area contributed by atoms with E-state index in [4.69, 9.17) is 35.3 Å². The number of benzene rings is 1. The van der Waals surface area contributed by atoms with E-state index < -0.39 is 0 Å². The van der Waals surface area contributed by atoms with E-state index in [2.05, 4.69) is 42.8 Å². The van der Waals surface area contributed by atoms with Gasteiger partial charge >= 0.3 is 0 Å². The molecule has 2 heterocycles. The summed E-state index contributed by atoms with van der Waals surface area (Å²) >= 11 is 10.2. The summed E-state index contributed by atoms with van der Waals surface area (Å²) < 4.78 is 31.6. The first-order valence-corrected chi connectivity index (χ1v) is 14.6. The molecular weight excluding hydrogens is 520 g/mol. The van der Waals surface area contributed by atoms with Crippen LogP contribution in [0.1, 0.15) is 88.5 Å². The highest BCUT2D eigenvalue weighted by molar-refractivity contribution is 9.08. The molecule has 0 aromatic heterocycles. The Balaban J connectivity index is 1.87. The van der Waals surface area contributed by atoms with Crippen LogP contribution in [0.2, 0.25) is 5.02 Å². The number of alkyl halides is 1. The Bertz CT molecular complexity index is 746. The smallest absolute Gasteiger partial charge is 0.141 e. The first kappa shape index (κ1) is 28.2. The van der Waals surface area contributed by atoms with Crippen LogP contribution in [-0.2, 0) is 30.7 Å². The Morgan fingerprint density at radius 3 is 2.44 bits per heavy atom. The summed E-state index contributed by atoms with van der Waals surface area (Å²) in [6, 6.07) is 2.19. The molecule has 0 aliphatic carbocycles. The van der Waals surface area contributed by atoms with E-state index in [1.54, 1.807) is 0 Å². The van der Waals surface area contributed by atoms with Crippen molar-refractivity contribution in [1.82, 2.24) is 0 Å². The van der Waals surface area contributed by atoms with E-state index >= 15 is 0 Å². The van der Waals surface area contributed by atoms with Gasteiger partial charge in [0.2, 0.25) is 0 Å². The van der Waals surface area contributed by atoms with E-state index in [1.807, 2.05) is 0 Å². The van der Waals surface area contributed by atoms with Gasteiger partial charge in [-0.25, -0.2) is 0 Å². The van der Waals surface area contributed by atoms with Crippen LogP contribution in [0.25, 0.3) is 0 Å². The predicted molar refractivity (Wildman–Crippen MR) is 141 cm³/mol. The fourth-order valence-corrected chi connectivity index (χ4v) is 5.52. The van der Waals surface area contributed by atoms with Crippen molar-refractivity contribution in [2.75, 3.05) is 33.0 Å². The van der Waals surface area contributed by atoms with Crippen molar-refractivity contribution in [2.24, 2.45) is 0 Å². The van der Waals surface area contributed by atoms with Gasteiger partial charge in [0.15, 0.2) is 0 Å². The topological polar surface area (TPSA) is 46.2 Å². The summed E-state index contributed by atoms with van der Waals surface area (Å²) in [6.07, 6.45) is 7.57. The molecule has 2 aliphatic rings. The molecule has 0 N–H and O–H groups in total. The lowest BCUT2D eigenvalue weighted by Crippen LogP contribution is -2.50. The highest BCUT2D eigenvalue weighted by Gasteiger charge is 2.42. The highest BCUT2D eigenvalue weighted by Crippen LogP contribution is 2.45. The van der Waals surface area contributed by atoms with Crippen LogP contribution in [-0.4, -0.2) is 51.3 Å². The maximum absolute atomic E-state index is 6.75. The molecule has 3 rings (SSSR count). The van der Waals surface area contributed by atoms with Crippen LogP contribution in [0.4, 0.5) is 0 Å². The van der Waals surface area contributed by atoms with E-state index in [0.29, 0.717) is 30.2 Å². The molecule has 7 heteroatoms. The van der Waals surface area contributed by atoms with Crippen molar-refractivity contribution in [1.29, 1.82) is 0 Å². The Labute approximate surface area is 219 Å². The van der Waals surface area contributed by atoms with E-state index in [1.165, 1.54) is 11.1 Å². The molecule has 5 nitrogen and oxygen atoms in total. The Kier molecular flexibility index (Phi) is 12.5. The molecule has 0 amide bonds. The number of unbranched alkanes of at least 4 members (excludes halogenated alkanes) is 3. The van der Waals surface area contributed by atoms with Crippen molar-refractivity contribution < 1.29 is 23.7 Å². The fourth-order valence-electron chi connectivity index (χ4n) is 4.62. The largest absolute Gasteiger partial charge is 0.491 e. The monoisotopic (exact) mass is 560 g/mol. The van der Waals surface area contributed by atoms with E-state index in [0.717, 1.165) is 75.9 Å². The van der Waals surface area contributed by atoms with Gasteiger partial charge in [0.1, 0.15) is 18.0 Å². The zero-order valence-electron chi connectivity index (χ0n) is 21.1. The van der Waals surface area contributed by atoms with Crippen molar-refractivity contribution in [3.8, 4) is 5.75 Å². The van der Waals surface area contributed by atoms with Crippen molar-refractivity contribution in [3.05, 3.63) is 27.8 Å². The number of rotatable bonds is 15. The lowest BCUT2D eigenvalue weighted by molar-refractivity contribution is -0.216. The minimum atomic E-state index is -0.180. The molecule has 4 atom stereocenters. The van der Waals surface area contributed by atoms with Crippen molar-refractivity contribution in [3.63, 3.8) is 0 Å². The molecule has 1 fully saturated rings. The average molecular weight is 562 g/mol. The summed E-state index contributed by atoms with van der Waals surface area (Å²) in [4.78, 5) is 0. The molecule has 0 saturated carbocycles. The molecule has 0 unspecified atom stereocenters. The molecule has 0 bridgehead atoms. The van der Waals surface area contributed by atoms with E-state index in [-0.39, 0.29) is 24.4 Å². The Morgan fingerprint density at radius 1 is 1.03 bits per heavy atom. The number of hydrogen-bond acceptors (Lipinski definition) is 5. The quantitative estimate of drug-likeness (QED) is 0.168. The second kappa shape index (κ2) is 15.0. The van der Waals surface area contributed by atoms with Gasteiger partial charge in [0.05, 0.1) is 30.4 Å². The van der Waals surface area contributed by atoms with Gasteiger partial charge in [-0.1, -0.05) is 73.6 Å². The van der Waals surface area contributed by atoms with Gasteiger partial charge in [-0.2, -0.15) is 0 Å². The van der Waals surface area contributed by atoms with Gasteiger partial charge in [0.25, 0.3) is 0 Å². The summed E-state index contributed by atoms with van der Waals surface area (Å²) in [5.74, 6) is 0.817. The predicted octanol–water partition coefficient (Wildman–Crippen LogP) is 7.19. The van der Waals surface area contributed by atoms with Crippen LogP contribution >= 0.6 is 27.5 Å². The van der Waals surface area contributed by atoms with Gasteiger partial charge in [0, 0.05) is 43.6 Å². The summed E-state index contributed by atoms with van der Waals surface area (Å²) in [6.45, 7) is 9.90. The lowest BCUT2D eigenvalue weighted by Gasteiger charge is -2.42. The summed E-state index contributed by atoms with van der Waals surface area (Å²) in [5, 5.41) is 1.38. The lowest BCUT2D eigenvalue weighted by atomic mass is 9.89. The zero-order chi connectivity index (χ0) is 24.3. The maximum atomic E-state index is 6.75. The molecule has 0 spiro atoms. The van der Waals surface area contributed by atoms with Crippen LogP contribution in [0.15, 0.2) is 6.07 Å². The minimum absolute atomic E-state index is 0.0389. The van der Waals surface area contributed by atoms with Crippen LogP contribution < -0.4 is 4.74 Å². The third kappa shape index (κ3) is 7.33. The molecule has 1 saturated heterocycles. The second-order valence-corrected chi connectivity index (χ2v) is 10.2. The first-order chi connectivity index (χ1) is 16.6. The normalized spacial score (nSPS) is 24.3. The summed E-state index contributed by atoms with van der Waals surface area (Å²) in [7, 11) is 0. The van der Waals surface area contributed by atoms with Gasteiger partial charge < -0.3 is 23.7 Å². The minimum Gasteiger partial charge on any atom is -0.491 e. The third-order valence-corrected chi connectivity index (χ3v) is 7.62. The van der Waals surface area contributed by atoms with Gasteiger partial charge in [-0.05, 0) is 30.4 Å². The van der Waals surface area contributed by atoms with Crippen LogP contribution in [0, 0.1) is 0 Å². The zero-order valence-corrected chi connectivity index (χ0v) is 23.4. The number of halogens is 2. The van der Waals surface area contributed by atoms with E-state index in [9.17, 15) is 0 Å². The first-order valence-electron chi connectivity index (χ1n) is 13.1. The average Bonchev–Trinajstić information content (AvgIpc) is 3.34. The van der Waals surface area contributed by atoms with Crippen molar-refractivity contribution >= 4 is 27.5 Å². The second-order valence-electron chi connectivity index (χ2n) is 9.26. The number of ether oxygens (including phenoxy) is 5. The molecule has 1 aromatic rings. The molecule has 1 aromatic carbocycles. The van der Waals surface area contributed by atoms with Crippen molar-refractivity contribution in [2.45, 2.75) is 102 Å². The molecule has 0 radical (unpaired) electrons. The third-order valence-electron chi connectivity index (χ3n) is 6.60. The number of fused-ring (bicyclic) bond motifs is 1. The van der Waals surface area contributed by atoms with Crippen LogP contribution in [0.3, 0.4) is 0 Å². The molecule has 2 aliphatic heterocycles. The van der Waals surface area contributed by atoms with Gasteiger partial charge in [-0.15, -0.1) is 0 Å². The van der Waals surface area contributed by atoms with Crippen LogP contribution in [0.5, 0.6) is 5.75 Å². The SMILES string of the molecule is CCCCOC[C@H]1O[C@@H](c2cc(CBr)c(Cl)c3c2CCO3)C[C@@H](OCCCC)[C@@H]1OCCCC. The summed E-state index contributed by atoms with van der Waals surface area (Å²) in [5.41, 5.74) is 3.37. The Hall–Kier alpha value is -0.370. The molecule has 34 heavy (non-hydrogen) atoms. The Morgan fingerprint density at radius 2 is 1.74 bits per heavy atom. The number of hydrogen-bond donors (Lipinski definition) is 0.